The minimum Gasteiger partial charge on any atom is -0.361 e. The molecular weight excluding hydrogens is 469 g/mol. The molecule has 2 aromatic carbocycles. The van der Waals surface area contributed by atoms with Crippen molar-refractivity contribution in [2.75, 3.05) is 13.1 Å². The van der Waals surface area contributed by atoms with Gasteiger partial charge in [0.1, 0.15) is 6.54 Å². The average Bonchev–Trinajstić information content (AvgIpc) is 3.56. The number of H-pyrrole nitrogens is 1. The highest BCUT2D eigenvalue weighted by Crippen LogP contribution is 2.31. The summed E-state index contributed by atoms with van der Waals surface area (Å²) >= 11 is 12.3. The number of rotatable bonds is 8. The number of aromatic nitrogens is 1. The Balaban J connectivity index is 1.54. The van der Waals surface area contributed by atoms with Crippen LogP contribution in [0.4, 0.5) is 0 Å². The molecule has 7 heteroatoms. The van der Waals surface area contributed by atoms with Crippen molar-refractivity contribution >= 4 is 45.9 Å². The van der Waals surface area contributed by atoms with Crippen LogP contribution in [0.3, 0.4) is 0 Å². The van der Waals surface area contributed by atoms with Crippen LogP contribution in [0.15, 0.2) is 48.7 Å². The van der Waals surface area contributed by atoms with E-state index in [4.69, 9.17) is 23.2 Å². The molecule has 0 saturated heterocycles. The second-order valence-corrected chi connectivity index (χ2v) is 10.9. The molecule has 1 aliphatic rings. The van der Waals surface area contributed by atoms with Crippen molar-refractivity contribution in [1.29, 1.82) is 0 Å². The number of nitrogens with one attached hydrogen (secondary N) is 1. The molecule has 5 nitrogen and oxygen atoms in total. The Bertz CT molecular complexity index is 1190. The molecule has 0 atom stereocenters. The summed E-state index contributed by atoms with van der Waals surface area (Å²) in [6, 6.07) is 13.8. The lowest BCUT2D eigenvalue weighted by Gasteiger charge is -2.32. The van der Waals surface area contributed by atoms with Crippen LogP contribution in [-0.4, -0.2) is 45.7 Å². The third kappa shape index (κ3) is 5.76. The van der Waals surface area contributed by atoms with Crippen LogP contribution in [-0.2, 0) is 22.6 Å². The number of benzene rings is 2. The Kier molecular flexibility index (Phi) is 7.25. The third-order valence-electron chi connectivity index (χ3n) is 6.23. The van der Waals surface area contributed by atoms with E-state index in [2.05, 4.69) is 11.1 Å². The topological polar surface area (TPSA) is 56.4 Å². The summed E-state index contributed by atoms with van der Waals surface area (Å²) in [5, 5.41) is 2.11. The van der Waals surface area contributed by atoms with E-state index in [9.17, 15) is 9.59 Å². The van der Waals surface area contributed by atoms with Gasteiger partial charge in [0.05, 0.1) is 10.0 Å². The van der Waals surface area contributed by atoms with Gasteiger partial charge in [0.2, 0.25) is 11.8 Å². The molecular formula is C27H31Cl2N3O2. The average molecular weight is 500 g/mol. The number of nitrogens with zero attached hydrogens (tertiary/aromatic N) is 2. The number of fused-ring (bicyclic) bond motifs is 1. The molecule has 4 rings (SSSR count). The third-order valence-corrected chi connectivity index (χ3v) is 6.97. The van der Waals surface area contributed by atoms with Crippen molar-refractivity contribution in [2.45, 2.75) is 52.6 Å². The van der Waals surface area contributed by atoms with Crippen molar-refractivity contribution in [3.8, 4) is 0 Å². The van der Waals surface area contributed by atoms with Crippen LogP contribution < -0.4 is 0 Å². The van der Waals surface area contributed by atoms with Crippen LogP contribution in [0, 0.1) is 5.41 Å². The molecule has 1 aromatic heterocycles. The van der Waals surface area contributed by atoms with Gasteiger partial charge in [-0.1, -0.05) is 68.2 Å². The molecule has 1 aliphatic carbocycles. The summed E-state index contributed by atoms with van der Waals surface area (Å²) in [6.45, 7) is 6.73. The van der Waals surface area contributed by atoms with E-state index in [1.807, 2.05) is 56.1 Å². The SMILES string of the molecule is CC(C)(C)C(=O)N(CC(=O)N(CCc1c[nH]c2ccccc12)Cc1ccc(Cl)c(Cl)c1)C1CC1. The van der Waals surface area contributed by atoms with Gasteiger partial charge in [0, 0.05) is 41.6 Å². The molecule has 1 heterocycles. The molecule has 3 aromatic rings. The first-order valence-electron chi connectivity index (χ1n) is 11.7. The normalized spacial score (nSPS) is 13.8. The molecule has 2 amide bonds. The van der Waals surface area contributed by atoms with Gasteiger partial charge in [0.25, 0.3) is 0 Å². The van der Waals surface area contributed by atoms with Gasteiger partial charge >= 0.3 is 0 Å². The van der Waals surface area contributed by atoms with E-state index in [0.29, 0.717) is 29.6 Å². The summed E-state index contributed by atoms with van der Waals surface area (Å²) in [5.74, 6) is -0.0371. The van der Waals surface area contributed by atoms with Gasteiger partial charge in [-0.2, -0.15) is 0 Å². The van der Waals surface area contributed by atoms with Crippen molar-refractivity contribution < 1.29 is 9.59 Å². The largest absolute Gasteiger partial charge is 0.361 e. The lowest BCUT2D eigenvalue weighted by atomic mass is 9.94. The number of amides is 2. The first kappa shape index (κ1) is 24.6. The monoisotopic (exact) mass is 499 g/mol. The smallest absolute Gasteiger partial charge is 0.242 e. The van der Waals surface area contributed by atoms with Gasteiger partial charge in [-0.15, -0.1) is 0 Å². The second kappa shape index (κ2) is 10.0. The highest BCUT2D eigenvalue weighted by Gasteiger charge is 2.39. The van der Waals surface area contributed by atoms with Crippen molar-refractivity contribution in [3.05, 3.63) is 69.8 Å². The van der Waals surface area contributed by atoms with E-state index in [1.54, 1.807) is 17.0 Å². The molecule has 0 unspecified atom stereocenters. The van der Waals surface area contributed by atoms with Crippen LogP contribution in [0.1, 0.15) is 44.7 Å². The van der Waals surface area contributed by atoms with Crippen LogP contribution >= 0.6 is 23.2 Å². The number of carbonyl (C=O) groups excluding carboxylic acids is 2. The standard InChI is InChI=1S/C27H31Cl2N3O2/c1-27(2,3)26(34)32(20-9-10-20)17-25(33)31(16-18-8-11-22(28)23(29)14-18)13-12-19-15-30-24-7-5-4-6-21(19)24/h4-8,11,14-15,20,30H,9-10,12-13,16-17H2,1-3H3. The number of carbonyl (C=O) groups is 2. The molecule has 1 fully saturated rings. The first-order valence-corrected chi connectivity index (χ1v) is 12.5. The summed E-state index contributed by atoms with van der Waals surface area (Å²) in [7, 11) is 0. The maximum Gasteiger partial charge on any atom is 0.242 e. The maximum absolute atomic E-state index is 13.6. The number of halogens is 2. The van der Waals surface area contributed by atoms with Crippen molar-refractivity contribution in [1.82, 2.24) is 14.8 Å². The van der Waals surface area contributed by atoms with E-state index in [0.717, 1.165) is 34.9 Å². The Morgan fingerprint density at radius 1 is 1.06 bits per heavy atom. The molecule has 1 saturated carbocycles. The molecule has 34 heavy (non-hydrogen) atoms. The van der Waals surface area contributed by atoms with E-state index in [1.165, 1.54) is 0 Å². The van der Waals surface area contributed by atoms with Gasteiger partial charge in [-0.05, 0) is 48.6 Å². The summed E-state index contributed by atoms with van der Waals surface area (Å²) in [4.78, 5) is 33.5. The lowest BCUT2D eigenvalue weighted by Crippen LogP contribution is -2.47. The molecule has 0 aliphatic heterocycles. The van der Waals surface area contributed by atoms with Gasteiger partial charge < -0.3 is 14.8 Å². The van der Waals surface area contributed by atoms with Crippen molar-refractivity contribution in [2.24, 2.45) is 5.41 Å². The Morgan fingerprint density at radius 3 is 2.47 bits per heavy atom. The van der Waals surface area contributed by atoms with E-state index in [-0.39, 0.29) is 24.4 Å². The van der Waals surface area contributed by atoms with Crippen molar-refractivity contribution in [3.63, 3.8) is 0 Å². The maximum atomic E-state index is 13.6. The zero-order valence-corrected chi connectivity index (χ0v) is 21.4. The summed E-state index contributed by atoms with van der Waals surface area (Å²) in [5.41, 5.74) is 2.62. The van der Waals surface area contributed by atoms with Gasteiger partial charge in [0.15, 0.2) is 0 Å². The van der Waals surface area contributed by atoms with E-state index < -0.39 is 5.41 Å². The minimum atomic E-state index is -0.526. The fraction of sp³-hybridized carbons (Fsp3) is 0.407. The number of aromatic amines is 1. The van der Waals surface area contributed by atoms with E-state index >= 15 is 0 Å². The molecule has 0 spiro atoms. The summed E-state index contributed by atoms with van der Waals surface area (Å²) < 4.78 is 0. The van der Waals surface area contributed by atoms with Crippen LogP contribution in [0.2, 0.25) is 10.0 Å². The molecule has 1 N–H and O–H groups in total. The number of hydrogen-bond donors (Lipinski definition) is 1. The minimum absolute atomic E-state index is 0.0227. The van der Waals surface area contributed by atoms with Crippen LogP contribution in [0.25, 0.3) is 10.9 Å². The Hall–Kier alpha value is -2.50. The zero-order chi connectivity index (χ0) is 24.5. The quantitative estimate of drug-likeness (QED) is 0.408. The second-order valence-electron chi connectivity index (χ2n) is 10.1. The molecule has 180 valence electrons. The summed E-state index contributed by atoms with van der Waals surface area (Å²) in [6.07, 6.45) is 4.62. The highest BCUT2D eigenvalue weighted by atomic mass is 35.5. The first-order chi connectivity index (χ1) is 16.1. The number of para-hydroxylation sites is 1. The highest BCUT2D eigenvalue weighted by molar-refractivity contribution is 6.42. The lowest BCUT2D eigenvalue weighted by molar-refractivity contribution is -0.146. The Labute approximate surface area is 211 Å². The fourth-order valence-corrected chi connectivity index (χ4v) is 4.49. The number of hydrogen-bond acceptors (Lipinski definition) is 2. The predicted octanol–water partition coefficient (Wildman–Crippen LogP) is 6.08. The molecule has 0 radical (unpaired) electrons. The fourth-order valence-electron chi connectivity index (χ4n) is 4.17. The zero-order valence-electron chi connectivity index (χ0n) is 19.9. The predicted molar refractivity (Wildman–Crippen MR) is 138 cm³/mol. The molecule has 0 bridgehead atoms. The van der Waals surface area contributed by atoms with Gasteiger partial charge in [-0.25, -0.2) is 0 Å². The van der Waals surface area contributed by atoms with Crippen LogP contribution in [0.5, 0.6) is 0 Å². The Morgan fingerprint density at radius 2 is 1.79 bits per heavy atom. The van der Waals surface area contributed by atoms with Gasteiger partial charge in [-0.3, -0.25) is 9.59 Å².